The second-order valence-electron chi connectivity index (χ2n) is 7.16. The van der Waals surface area contributed by atoms with E-state index < -0.39 is 27.0 Å². The van der Waals surface area contributed by atoms with Gasteiger partial charge in [0.15, 0.2) is 15.7 Å². The first-order valence-electron chi connectivity index (χ1n) is 9.34. The van der Waals surface area contributed by atoms with E-state index in [1.54, 1.807) is 13.8 Å². The molecule has 31 heavy (non-hydrogen) atoms. The molecule has 12 heteroatoms. The summed E-state index contributed by atoms with van der Waals surface area (Å²) in [6.45, 7) is 3.43. The van der Waals surface area contributed by atoms with Crippen molar-refractivity contribution in [3.05, 3.63) is 51.5 Å². The zero-order chi connectivity index (χ0) is 22.3. The Morgan fingerprint density at radius 3 is 2.77 bits per heavy atom. The Balaban J connectivity index is 1.60. The quantitative estimate of drug-likeness (QED) is 0.578. The maximum absolute atomic E-state index is 12.9. The van der Waals surface area contributed by atoms with Crippen LogP contribution in [0.1, 0.15) is 52.7 Å². The van der Waals surface area contributed by atoms with Gasteiger partial charge in [-0.1, -0.05) is 22.9 Å². The number of hydrogen-bond acceptors (Lipinski definition) is 8. The summed E-state index contributed by atoms with van der Waals surface area (Å²) in [5.41, 5.74) is 0.141. The van der Waals surface area contributed by atoms with Gasteiger partial charge in [-0.3, -0.25) is 4.79 Å². The minimum atomic E-state index is -3.49. The van der Waals surface area contributed by atoms with Crippen molar-refractivity contribution in [1.82, 2.24) is 25.1 Å². The first kappa shape index (κ1) is 21.4. The van der Waals surface area contributed by atoms with Gasteiger partial charge in [-0.2, -0.15) is 9.94 Å². The Labute approximate surface area is 187 Å². The average molecular weight is 477 g/mol. The van der Waals surface area contributed by atoms with Gasteiger partial charge < -0.3 is 5.32 Å². The second-order valence-corrected chi connectivity index (χ2v) is 10.8. The molecule has 3 aromatic rings. The van der Waals surface area contributed by atoms with Crippen molar-refractivity contribution in [2.45, 2.75) is 42.9 Å². The summed E-state index contributed by atoms with van der Waals surface area (Å²) in [4.78, 5) is 21.9. The number of benzene rings is 1. The van der Waals surface area contributed by atoms with E-state index in [0.29, 0.717) is 34.5 Å². The van der Waals surface area contributed by atoms with Crippen LogP contribution in [-0.4, -0.2) is 39.3 Å². The van der Waals surface area contributed by atoms with Crippen LogP contribution in [-0.2, 0) is 9.84 Å². The molecule has 2 aromatic heterocycles. The van der Waals surface area contributed by atoms with Gasteiger partial charge in [-0.15, -0.1) is 5.10 Å². The summed E-state index contributed by atoms with van der Waals surface area (Å²) >= 11 is 7.25. The van der Waals surface area contributed by atoms with Gasteiger partial charge in [0.1, 0.15) is 16.8 Å². The SMILES string of the molecule is Cc1nc([C@H](C)NC(=O)c2cc(Cl)cc(S(=O)(=O)C3CC3)c2)n(-c2ncc(C#N)s2)n1. The minimum Gasteiger partial charge on any atom is -0.342 e. The number of carbonyl (C=O) groups is 1. The molecular formula is C19H17ClN6O3S2. The molecule has 2 heterocycles. The summed E-state index contributed by atoms with van der Waals surface area (Å²) in [6, 6.07) is 5.58. The third kappa shape index (κ3) is 4.32. The Hall–Kier alpha value is -2.81. The second kappa shape index (κ2) is 8.03. The van der Waals surface area contributed by atoms with Crippen molar-refractivity contribution >= 4 is 38.7 Å². The van der Waals surface area contributed by atoms with Crippen molar-refractivity contribution in [1.29, 1.82) is 5.26 Å². The van der Waals surface area contributed by atoms with Crippen LogP contribution in [0.25, 0.3) is 5.13 Å². The number of rotatable bonds is 6. The molecular weight excluding hydrogens is 460 g/mol. The molecule has 9 nitrogen and oxygen atoms in total. The molecule has 0 unspecified atom stereocenters. The highest BCUT2D eigenvalue weighted by Crippen LogP contribution is 2.34. The van der Waals surface area contributed by atoms with Crippen LogP contribution >= 0.6 is 22.9 Å². The number of aromatic nitrogens is 4. The molecule has 1 aromatic carbocycles. The van der Waals surface area contributed by atoms with Crippen molar-refractivity contribution in [2.75, 3.05) is 0 Å². The fourth-order valence-electron chi connectivity index (χ4n) is 3.04. The van der Waals surface area contributed by atoms with E-state index in [1.165, 1.54) is 29.1 Å². The van der Waals surface area contributed by atoms with E-state index in [2.05, 4.69) is 20.4 Å². The average Bonchev–Trinajstić information content (AvgIpc) is 3.36. The molecule has 0 spiro atoms. The predicted octanol–water partition coefficient (Wildman–Crippen LogP) is 2.98. The van der Waals surface area contributed by atoms with Gasteiger partial charge >= 0.3 is 0 Å². The smallest absolute Gasteiger partial charge is 0.251 e. The number of aryl methyl sites for hydroxylation is 1. The number of amides is 1. The van der Waals surface area contributed by atoms with Crippen LogP contribution in [0.3, 0.4) is 0 Å². The Kier molecular flexibility index (Phi) is 5.55. The standard InChI is InChI=1S/C19H17ClN6O3S2/c1-10(17-24-11(2)25-26(17)19-22-9-14(8-21)30-19)23-18(27)12-5-13(20)7-16(6-12)31(28,29)15-3-4-15/h5-7,9-10,15H,3-4H2,1-2H3,(H,23,27)/t10-/m0/s1. The molecule has 1 saturated carbocycles. The fraction of sp³-hybridized carbons (Fsp3) is 0.316. The number of halogens is 1. The first-order chi connectivity index (χ1) is 14.7. The lowest BCUT2D eigenvalue weighted by molar-refractivity contribution is 0.0937. The van der Waals surface area contributed by atoms with E-state index in [-0.39, 0.29) is 15.5 Å². The molecule has 160 valence electrons. The third-order valence-electron chi connectivity index (χ3n) is 4.68. The third-order valence-corrected chi connectivity index (χ3v) is 8.02. The number of nitrogens with one attached hydrogen (secondary N) is 1. The largest absolute Gasteiger partial charge is 0.342 e. The molecule has 1 fully saturated rings. The van der Waals surface area contributed by atoms with Crippen molar-refractivity contribution in [3.8, 4) is 11.2 Å². The van der Waals surface area contributed by atoms with Gasteiger partial charge in [-0.25, -0.2) is 18.4 Å². The molecule has 4 rings (SSSR count). The number of hydrogen-bond donors (Lipinski definition) is 1. The predicted molar refractivity (Wildman–Crippen MR) is 114 cm³/mol. The van der Waals surface area contributed by atoms with Crippen LogP contribution < -0.4 is 5.32 Å². The van der Waals surface area contributed by atoms with Crippen molar-refractivity contribution in [2.24, 2.45) is 0 Å². The summed E-state index contributed by atoms with van der Waals surface area (Å²) in [5, 5.41) is 16.4. The van der Waals surface area contributed by atoms with Crippen LogP contribution in [0.2, 0.25) is 5.02 Å². The summed E-state index contributed by atoms with van der Waals surface area (Å²) in [7, 11) is -3.49. The Morgan fingerprint density at radius 1 is 1.39 bits per heavy atom. The van der Waals surface area contributed by atoms with Gasteiger partial charge in [0, 0.05) is 10.6 Å². The van der Waals surface area contributed by atoms with E-state index in [4.69, 9.17) is 16.9 Å². The van der Waals surface area contributed by atoms with E-state index >= 15 is 0 Å². The van der Waals surface area contributed by atoms with Gasteiger partial charge in [0.25, 0.3) is 5.91 Å². The van der Waals surface area contributed by atoms with E-state index in [1.807, 2.05) is 6.07 Å². The normalized spacial score (nSPS) is 14.8. The molecule has 1 amide bonds. The van der Waals surface area contributed by atoms with E-state index in [9.17, 15) is 13.2 Å². The van der Waals surface area contributed by atoms with Crippen LogP contribution in [0.5, 0.6) is 0 Å². The van der Waals surface area contributed by atoms with E-state index in [0.717, 1.165) is 11.3 Å². The molecule has 1 atom stereocenters. The highest BCUT2D eigenvalue weighted by Gasteiger charge is 2.37. The number of carbonyl (C=O) groups excluding carboxylic acids is 1. The number of nitrogens with zero attached hydrogens (tertiary/aromatic N) is 5. The number of nitriles is 1. The molecule has 0 radical (unpaired) electrons. The molecule has 0 saturated heterocycles. The fourth-order valence-corrected chi connectivity index (χ4v) is 5.74. The number of thiazole rings is 1. The lowest BCUT2D eigenvalue weighted by Gasteiger charge is -2.14. The summed E-state index contributed by atoms with van der Waals surface area (Å²) in [6.07, 6.45) is 2.68. The Bertz CT molecular complexity index is 1320. The van der Waals surface area contributed by atoms with Crippen LogP contribution in [0, 0.1) is 18.3 Å². The van der Waals surface area contributed by atoms with Gasteiger partial charge in [-0.05, 0) is 44.9 Å². The zero-order valence-electron chi connectivity index (χ0n) is 16.5. The first-order valence-corrected chi connectivity index (χ1v) is 12.1. The molecule has 0 aliphatic heterocycles. The summed E-state index contributed by atoms with van der Waals surface area (Å²) < 4.78 is 26.6. The topological polar surface area (TPSA) is 131 Å². The lowest BCUT2D eigenvalue weighted by atomic mass is 10.2. The highest BCUT2D eigenvalue weighted by molar-refractivity contribution is 7.92. The molecule has 1 aliphatic carbocycles. The van der Waals surface area contributed by atoms with Crippen molar-refractivity contribution in [3.63, 3.8) is 0 Å². The zero-order valence-corrected chi connectivity index (χ0v) is 18.9. The number of sulfone groups is 1. The minimum absolute atomic E-state index is 0.0473. The highest BCUT2D eigenvalue weighted by atomic mass is 35.5. The monoisotopic (exact) mass is 476 g/mol. The molecule has 0 bridgehead atoms. The van der Waals surface area contributed by atoms with Crippen molar-refractivity contribution < 1.29 is 13.2 Å². The maximum Gasteiger partial charge on any atom is 0.251 e. The van der Waals surface area contributed by atoms with Gasteiger partial charge in [0.05, 0.1) is 22.4 Å². The Morgan fingerprint density at radius 2 is 2.13 bits per heavy atom. The maximum atomic E-state index is 12.9. The molecule has 1 N–H and O–H groups in total. The van der Waals surface area contributed by atoms with Crippen LogP contribution in [0.4, 0.5) is 0 Å². The lowest BCUT2D eigenvalue weighted by Crippen LogP contribution is -2.29. The molecule has 1 aliphatic rings. The van der Waals surface area contributed by atoms with Crippen LogP contribution in [0.15, 0.2) is 29.3 Å². The summed E-state index contributed by atoms with van der Waals surface area (Å²) in [5.74, 6) is 0.411. The van der Waals surface area contributed by atoms with Gasteiger partial charge in [0.2, 0.25) is 5.13 Å².